The van der Waals surface area contributed by atoms with E-state index in [1.807, 2.05) is 6.92 Å². The molecule has 1 amide bonds. The molecule has 1 aromatic rings. The summed E-state index contributed by atoms with van der Waals surface area (Å²) in [5, 5.41) is 5.49. The third-order valence-corrected chi connectivity index (χ3v) is 3.46. The molecule has 5 heteroatoms. The summed E-state index contributed by atoms with van der Waals surface area (Å²) in [5.41, 5.74) is -0.0494. The van der Waals surface area contributed by atoms with Gasteiger partial charge in [0, 0.05) is 6.04 Å². The summed E-state index contributed by atoms with van der Waals surface area (Å²) >= 11 is 0. The van der Waals surface area contributed by atoms with Crippen molar-refractivity contribution in [3.63, 3.8) is 0 Å². The Morgan fingerprint density at radius 1 is 1.37 bits per heavy atom. The summed E-state index contributed by atoms with van der Waals surface area (Å²) in [6, 6.07) is 2.37. The highest BCUT2D eigenvalue weighted by Crippen LogP contribution is 2.22. The summed E-state index contributed by atoms with van der Waals surface area (Å²) in [6.07, 6.45) is 2.63. The maximum absolute atomic E-state index is 13.8. The zero-order valence-corrected chi connectivity index (χ0v) is 11.1. The van der Waals surface area contributed by atoms with Crippen LogP contribution in [0.4, 0.5) is 14.5 Å². The zero-order chi connectivity index (χ0) is 14.0. The molecule has 0 saturated carbocycles. The van der Waals surface area contributed by atoms with Crippen molar-refractivity contribution in [2.45, 2.75) is 45.2 Å². The molecular weight excluding hydrogens is 250 g/mol. The molecule has 0 bridgehead atoms. The lowest BCUT2D eigenvalue weighted by atomic mass is 9.99. The molecule has 1 heterocycles. The monoisotopic (exact) mass is 268 g/mol. The van der Waals surface area contributed by atoms with E-state index >= 15 is 0 Å². The summed E-state index contributed by atoms with van der Waals surface area (Å²) in [6.45, 7) is 3.53. The topological polar surface area (TPSA) is 41.1 Å². The van der Waals surface area contributed by atoms with Crippen molar-refractivity contribution in [3.05, 3.63) is 29.3 Å². The first-order valence-electron chi connectivity index (χ1n) is 6.50. The molecule has 3 nitrogen and oxygen atoms in total. The molecule has 0 aliphatic carbocycles. The Hall–Kier alpha value is -1.49. The summed E-state index contributed by atoms with van der Waals surface area (Å²) in [4.78, 5) is 12.0. The Kier molecular flexibility index (Phi) is 4.14. The number of anilines is 1. The molecule has 0 radical (unpaired) electrons. The Balaban J connectivity index is 2.13. The van der Waals surface area contributed by atoms with Crippen molar-refractivity contribution in [1.29, 1.82) is 0 Å². The van der Waals surface area contributed by atoms with Crippen LogP contribution in [0.1, 0.15) is 31.7 Å². The highest BCUT2D eigenvalue weighted by atomic mass is 19.1. The first-order valence-corrected chi connectivity index (χ1v) is 6.50. The van der Waals surface area contributed by atoms with E-state index in [4.69, 9.17) is 0 Å². The van der Waals surface area contributed by atoms with E-state index in [0.29, 0.717) is 12.0 Å². The van der Waals surface area contributed by atoms with Crippen LogP contribution in [0, 0.1) is 18.6 Å². The fourth-order valence-electron chi connectivity index (χ4n) is 2.33. The van der Waals surface area contributed by atoms with Crippen molar-refractivity contribution in [3.8, 4) is 0 Å². The van der Waals surface area contributed by atoms with Gasteiger partial charge in [0.1, 0.15) is 11.5 Å². The second kappa shape index (κ2) is 5.65. The molecule has 104 valence electrons. The molecule has 2 rings (SSSR count). The number of amides is 1. The van der Waals surface area contributed by atoms with Crippen LogP contribution < -0.4 is 10.6 Å². The Morgan fingerprint density at radius 2 is 2.11 bits per heavy atom. The van der Waals surface area contributed by atoms with E-state index in [1.165, 1.54) is 13.0 Å². The van der Waals surface area contributed by atoms with Crippen molar-refractivity contribution < 1.29 is 13.6 Å². The number of nitrogens with one attached hydrogen (secondary N) is 2. The average molecular weight is 268 g/mol. The molecular formula is C14H18F2N2O. The predicted octanol–water partition coefficient (Wildman–Crippen LogP) is 2.74. The van der Waals surface area contributed by atoms with Gasteiger partial charge in [-0.25, -0.2) is 8.78 Å². The van der Waals surface area contributed by atoms with Gasteiger partial charge in [0.15, 0.2) is 5.82 Å². The normalized spacial score (nSPS) is 23.2. The van der Waals surface area contributed by atoms with Crippen molar-refractivity contribution in [2.24, 2.45) is 0 Å². The lowest BCUT2D eigenvalue weighted by Crippen LogP contribution is -2.47. The SMILES string of the molecule is Cc1ccc(F)c(NC(=O)C2CCCC(C)N2)c1F. The van der Waals surface area contributed by atoms with Crippen molar-refractivity contribution in [2.75, 3.05) is 5.32 Å². The zero-order valence-electron chi connectivity index (χ0n) is 11.1. The summed E-state index contributed by atoms with van der Waals surface area (Å²) in [5.74, 6) is -1.84. The van der Waals surface area contributed by atoms with Crippen LogP contribution in [0.25, 0.3) is 0 Å². The number of carbonyl (C=O) groups is 1. The minimum atomic E-state index is -0.750. The van der Waals surface area contributed by atoms with E-state index in [2.05, 4.69) is 10.6 Å². The molecule has 2 unspecified atom stereocenters. The van der Waals surface area contributed by atoms with Crippen molar-refractivity contribution in [1.82, 2.24) is 5.32 Å². The number of hydrogen-bond acceptors (Lipinski definition) is 2. The standard InChI is InChI=1S/C14H18F2N2O/c1-8-6-7-10(15)13(12(8)16)18-14(19)11-5-3-4-9(2)17-11/h6-7,9,11,17H,3-5H2,1-2H3,(H,18,19). The van der Waals surface area contributed by atoms with Gasteiger partial charge in [-0.05, 0) is 44.7 Å². The second-order valence-electron chi connectivity index (χ2n) is 5.09. The molecule has 0 spiro atoms. The van der Waals surface area contributed by atoms with Crippen LogP contribution in [0.5, 0.6) is 0 Å². The number of hydrogen-bond donors (Lipinski definition) is 2. The van der Waals surface area contributed by atoms with Gasteiger partial charge < -0.3 is 10.6 Å². The lowest BCUT2D eigenvalue weighted by Gasteiger charge is -2.27. The first kappa shape index (κ1) is 13.9. The number of halogens is 2. The van der Waals surface area contributed by atoms with E-state index in [9.17, 15) is 13.6 Å². The smallest absolute Gasteiger partial charge is 0.241 e. The van der Waals surface area contributed by atoms with Gasteiger partial charge in [0.2, 0.25) is 5.91 Å². The highest BCUT2D eigenvalue weighted by Gasteiger charge is 2.25. The molecule has 1 fully saturated rings. The number of rotatable bonds is 2. The van der Waals surface area contributed by atoms with Crippen LogP contribution in [-0.4, -0.2) is 18.0 Å². The van der Waals surface area contributed by atoms with E-state index in [0.717, 1.165) is 18.9 Å². The maximum atomic E-state index is 13.8. The largest absolute Gasteiger partial charge is 0.320 e. The Labute approximate surface area is 111 Å². The van der Waals surface area contributed by atoms with Gasteiger partial charge in [0.05, 0.1) is 6.04 Å². The summed E-state index contributed by atoms with van der Waals surface area (Å²) in [7, 11) is 0. The third-order valence-electron chi connectivity index (χ3n) is 3.46. The van der Waals surface area contributed by atoms with Crippen LogP contribution in [0.2, 0.25) is 0 Å². The van der Waals surface area contributed by atoms with Gasteiger partial charge in [-0.2, -0.15) is 0 Å². The van der Waals surface area contributed by atoms with E-state index in [1.54, 1.807) is 0 Å². The summed E-state index contributed by atoms with van der Waals surface area (Å²) < 4.78 is 27.4. The van der Waals surface area contributed by atoms with Gasteiger partial charge in [-0.1, -0.05) is 6.07 Å². The minimum absolute atomic E-state index is 0.247. The Bertz CT molecular complexity index is 491. The number of benzene rings is 1. The third kappa shape index (κ3) is 3.10. The molecule has 1 aliphatic heterocycles. The maximum Gasteiger partial charge on any atom is 0.241 e. The molecule has 1 aliphatic rings. The quantitative estimate of drug-likeness (QED) is 0.866. The van der Waals surface area contributed by atoms with Crippen LogP contribution in [0.3, 0.4) is 0 Å². The van der Waals surface area contributed by atoms with Gasteiger partial charge in [-0.3, -0.25) is 4.79 Å². The number of aryl methyl sites for hydroxylation is 1. The fraction of sp³-hybridized carbons (Fsp3) is 0.500. The van der Waals surface area contributed by atoms with E-state index in [-0.39, 0.29) is 23.7 Å². The molecule has 19 heavy (non-hydrogen) atoms. The molecule has 0 aromatic heterocycles. The Morgan fingerprint density at radius 3 is 2.79 bits per heavy atom. The number of carbonyl (C=O) groups excluding carboxylic acids is 1. The van der Waals surface area contributed by atoms with Crippen LogP contribution in [0.15, 0.2) is 12.1 Å². The molecule has 1 saturated heterocycles. The van der Waals surface area contributed by atoms with Crippen LogP contribution in [-0.2, 0) is 4.79 Å². The van der Waals surface area contributed by atoms with Crippen molar-refractivity contribution >= 4 is 11.6 Å². The lowest BCUT2D eigenvalue weighted by molar-refractivity contribution is -0.119. The van der Waals surface area contributed by atoms with Crippen LogP contribution >= 0.6 is 0 Å². The van der Waals surface area contributed by atoms with Gasteiger partial charge in [0.25, 0.3) is 0 Å². The first-order chi connectivity index (χ1) is 8.99. The number of piperidine rings is 1. The molecule has 2 atom stereocenters. The minimum Gasteiger partial charge on any atom is -0.320 e. The van der Waals surface area contributed by atoms with Gasteiger partial charge in [-0.15, -0.1) is 0 Å². The van der Waals surface area contributed by atoms with Gasteiger partial charge >= 0.3 is 0 Å². The highest BCUT2D eigenvalue weighted by molar-refractivity contribution is 5.95. The molecule has 1 aromatic carbocycles. The van der Waals surface area contributed by atoms with E-state index < -0.39 is 11.6 Å². The molecule has 2 N–H and O–H groups in total. The predicted molar refractivity (Wildman–Crippen MR) is 70.0 cm³/mol. The fourth-order valence-corrected chi connectivity index (χ4v) is 2.33. The second-order valence-corrected chi connectivity index (χ2v) is 5.09. The average Bonchev–Trinajstić information content (AvgIpc) is 2.39.